The molecule has 0 aromatic heterocycles. The summed E-state index contributed by atoms with van der Waals surface area (Å²) in [7, 11) is 0. The fraction of sp³-hybridized carbons (Fsp3) is 0.583. The molecule has 1 aliphatic heterocycles. The predicted molar refractivity (Wildman–Crippen MR) is 59.2 cm³/mol. The van der Waals surface area contributed by atoms with Gasteiger partial charge in [0.1, 0.15) is 0 Å². The zero-order valence-electron chi connectivity index (χ0n) is 8.55. The van der Waals surface area contributed by atoms with E-state index in [9.17, 15) is 0 Å². The topological polar surface area (TPSA) is 12.4 Å². The largest absolute Gasteiger partial charge is 0.286 e. The van der Waals surface area contributed by atoms with Crippen LogP contribution in [0.5, 0.6) is 0 Å². The predicted octanol–water partition coefficient (Wildman–Crippen LogP) is 3.38. The lowest BCUT2D eigenvalue weighted by atomic mass is 9.83. The zero-order valence-corrected chi connectivity index (χ0v) is 8.55. The lowest BCUT2D eigenvalue weighted by Gasteiger charge is -2.19. The van der Waals surface area contributed by atoms with Crippen molar-refractivity contribution in [3.8, 4) is 0 Å². The van der Waals surface area contributed by atoms with Crippen LogP contribution in [0.15, 0.2) is 30.3 Å². The van der Waals surface area contributed by atoms with E-state index in [1.54, 1.807) is 0 Å². The van der Waals surface area contributed by atoms with Crippen LogP contribution in [-0.4, -0.2) is 11.8 Å². The molecule has 1 aliphatic carbocycles. The van der Waals surface area contributed by atoms with Crippen molar-refractivity contribution in [3.63, 3.8) is 0 Å². The molecule has 1 fully saturated rings. The molecule has 13 heavy (non-hydrogen) atoms. The summed E-state index contributed by atoms with van der Waals surface area (Å²) in [6, 6.07) is 0.410. The average Bonchev–Trinajstić information content (AvgIpc) is 2.47. The van der Waals surface area contributed by atoms with Crippen molar-refractivity contribution >= 4 is 5.71 Å². The van der Waals surface area contributed by atoms with Gasteiger partial charge in [-0.25, -0.2) is 0 Å². The zero-order chi connectivity index (χ0) is 9.84. The first-order valence-corrected chi connectivity index (χ1v) is 5.04. The van der Waals surface area contributed by atoms with E-state index in [-0.39, 0.29) is 0 Å². The molecule has 0 N–H and O–H groups in total. The van der Waals surface area contributed by atoms with Crippen molar-refractivity contribution < 1.29 is 0 Å². The fourth-order valence-electron chi connectivity index (χ4n) is 2.17. The molecule has 0 radical (unpaired) electrons. The van der Waals surface area contributed by atoms with E-state index < -0.39 is 0 Å². The lowest BCUT2D eigenvalue weighted by Crippen LogP contribution is -2.16. The summed E-state index contributed by atoms with van der Waals surface area (Å²) in [6.45, 7) is 12.3. The van der Waals surface area contributed by atoms with Gasteiger partial charge in [0.25, 0.3) is 0 Å². The second-order valence-electron chi connectivity index (χ2n) is 3.67. The number of nitrogens with zero attached hydrogens (tertiary/aromatic N) is 1. The van der Waals surface area contributed by atoms with Crippen LogP contribution >= 0.6 is 0 Å². The van der Waals surface area contributed by atoms with Gasteiger partial charge in [0.05, 0.1) is 6.04 Å². The molecule has 1 heterocycles. The SMILES string of the molecule is C=C.C=C1C2CCCCC2=N[C@H]1C. The van der Waals surface area contributed by atoms with Gasteiger partial charge in [-0.15, -0.1) is 13.2 Å². The average molecular weight is 177 g/mol. The molecule has 1 saturated carbocycles. The third-order valence-electron chi connectivity index (χ3n) is 2.92. The highest BCUT2D eigenvalue weighted by atomic mass is 14.8. The van der Waals surface area contributed by atoms with Crippen LogP contribution < -0.4 is 0 Å². The van der Waals surface area contributed by atoms with Crippen molar-refractivity contribution in [1.82, 2.24) is 0 Å². The molecule has 1 nitrogen and oxygen atoms in total. The van der Waals surface area contributed by atoms with Crippen LogP contribution in [0.1, 0.15) is 32.6 Å². The standard InChI is InChI=1S/C10H15N.C2H4/c1-7-8(2)11-10-6-4-3-5-9(7)10;1-2/h8-9H,1,3-6H2,2H3;1-2H2/t8-,9?;/m0./s1. The first-order chi connectivity index (χ1) is 6.29. The Morgan fingerprint density at radius 3 is 2.62 bits per heavy atom. The molecule has 1 unspecified atom stereocenters. The molecule has 2 rings (SSSR count). The van der Waals surface area contributed by atoms with Gasteiger partial charge < -0.3 is 0 Å². The number of rotatable bonds is 0. The molecule has 2 atom stereocenters. The van der Waals surface area contributed by atoms with E-state index in [1.807, 2.05) is 0 Å². The molecule has 0 aromatic rings. The van der Waals surface area contributed by atoms with Crippen molar-refractivity contribution in [2.24, 2.45) is 10.9 Å². The Bertz CT molecular complexity index is 227. The third kappa shape index (κ3) is 1.90. The summed E-state index contributed by atoms with van der Waals surface area (Å²) in [5.41, 5.74) is 2.80. The number of hydrogen-bond donors (Lipinski definition) is 0. The van der Waals surface area contributed by atoms with Crippen LogP contribution in [-0.2, 0) is 0 Å². The van der Waals surface area contributed by atoms with E-state index >= 15 is 0 Å². The molecule has 0 amide bonds. The van der Waals surface area contributed by atoms with Gasteiger partial charge in [0.15, 0.2) is 0 Å². The number of aliphatic imine (C=N–C) groups is 1. The fourth-order valence-corrected chi connectivity index (χ4v) is 2.17. The van der Waals surface area contributed by atoms with E-state index in [0.29, 0.717) is 12.0 Å². The Hall–Kier alpha value is -0.850. The monoisotopic (exact) mass is 177 g/mol. The second-order valence-corrected chi connectivity index (χ2v) is 3.67. The Morgan fingerprint density at radius 1 is 1.31 bits per heavy atom. The first kappa shape index (κ1) is 10.2. The van der Waals surface area contributed by atoms with Crippen molar-refractivity contribution in [3.05, 3.63) is 25.3 Å². The smallest absolute Gasteiger partial charge is 0.0684 e. The number of fused-ring (bicyclic) bond motifs is 1. The van der Waals surface area contributed by atoms with E-state index in [4.69, 9.17) is 0 Å². The minimum Gasteiger partial charge on any atom is -0.286 e. The molecule has 0 saturated heterocycles. The normalized spacial score (nSPS) is 31.5. The van der Waals surface area contributed by atoms with E-state index in [1.165, 1.54) is 37.0 Å². The highest BCUT2D eigenvalue weighted by Crippen LogP contribution is 2.34. The van der Waals surface area contributed by atoms with Crippen molar-refractivity contribution in [1.29, 1.82) is 0 Å². The summed E-state index contributed by atoms with van der Waals surface area (Å²) in [4.78, 5) is 4.61. The summed E-state index contributed by atoms with van der Waals surface area (Å²) in [6.07, 6.45) is 5.25. The molecule has 72 valence electrons. The van der Waals surface area contributed by atoms with Gasteiger partial charge in [-0.3, -0.25) is 4.99 Å². The van der Waals surface area contributed by atoms with Crippen LogP contribution in [0.25, 0.3) is 0 Å². The van der Waals surface area contributed by atoms with Gasteiger partial charge in [-0.2, -0.15) is 0 Å². The Kier molecular flexibility index (Phi) is 3.47. The molecule has 2 aliphatic rings. The Balaban J connectivity index is 0.000000396. The summed E-state index contributed by atoms with van der Waals surface area (Å²) in [5, 5.41) is 0. The molecule has 0 aromatic carbocycles. The molecule has 0 spiro atoms. The minimum atomic E-state index is 0.410. The van der Waals surface area contributed by atoms with Gasteiger partial charge in [0.2, 0.25) is 0 Å². The minimum absolute atomic E-state index is 0.410. The van der Waals surface area contributed by atoms with Gasteiger partial charge in [-0.05, 0) is 31.8 Å². The molecular weight excluding hydrogens is 158 g/mol. The van der Waals surface area contributed by atoms with Crippen molar-refractivity contribution in [2.75, 3.05) is 0 Å². The maximum atomic E-state index is 4.61. The molecule has 0 bridgehead atoms. The summed E-state index contributed by atoms with van der Waals surface area (Å²) < 4.78 is 0. The maximum Gasteiger partial charge on any atom is 0.0684 e. The van der Waals surface area contributed by atoms with Crippen LogP contribution in [0.3, 0.4) is 0 Å². The highest BCUT2D eigenvalue weighted by molar-refractivity contribution is 5.92. The summed E-state index contributed by atoms with van der Waals surface area (Å²) in [5.74, 6) is 0.666. The maximum absolute atomic E-state index is 4.61. The second kappa shape index (κ2) is 4.40. The van der Waals surface area contributed by atoms with Crippen LogP contribution in [0, 0.1) is 5.92 Å². The quantitative estimate of drug-likeness (QED) is 0.503. The first-order valence-electron chi connectivity index (χ1n) is 5.04. The van der Waals surface area contributed by atoms with E-state index in [0.717, 1.165) is 0 Å². The Labute approximate surface area is 81.3 Å². The van der Waals surface area contributed by atoms with Gasteiger partial charge in [-0.1, -0.05) is 13.0 Å². The van der Waals surface area contributed by atoms with Gasteiger partial charge >= 0.3 is 0 Å². The van der Waals surface area contributed by atoms with E-state index in [2.05, 4.69) is 31.7 Å². The van der Waals surface area contributed by atoms with Crippen LogP contribution in [0.4, 0.5) is 0 Å². The lowest BCUT2D eigenvalue weighted by molar-refractivity contribution is 0.583. The van der Waals surface area contributed by atoms with Gasteiger partial charge in [0, 0.05) is 11.6 Å². The summed E-state index contributed by atoms with van der Waals surface area (Å²) >= 11 is 0. The molecular formula is C12H19N. The Morgan fingerprint density at radius 2 is 2.00 bits per heavy atom. The third-order valence-corrected chi connectivity index (χ3v) is 2.92. The molecule has 1 heteroatoms. The van der Waals surface area contributed by atoms with Crippen LogP contribution in [0.2, 0.25) is 0 Å². The highest BCUT2D eigenvalue weighted by Gasteiger charge is 2.30. The number of hydrogen-bond acceptors (Lipinski definition) is 1. The van der Waals surface area contributed by atoms with Crippen molar-refractivity contribution in [2.45, 2.75) is 38.6 Å².